The fourth-order valence-electron chi connectivity index (χ4n) is 2.34. The highest BCUT2D eigenvalue weighted by molar-refractivity contribution is 5.78. The van der Waals surface area contributed by atoms with E-state index >= 15 is 0 Å². The van der Waals surface area contributed by atoms with Gasteiger partial charge in [0.1, 0.15) is 11.2 Å². The Bertz CT molecular complexity index is 765. The second-order valence-corrected chi connectivity index (χ2v) is 6.77. The van der Waals surface area contributed by atoms with Gasteiger partial charge in [-0.3, -0.25) is 0 Å². The molecule has 0 saturated carbocycles. The van der Waals surface area contributed by atoms with Crippen molar-refractivity contribution in [3.63, 3.8) is 0 Å². The number of benzene rings is 1. The summed E-state index contributed by atoms with van der Waals surface area (Å²) < 4.78 is 10.8. The normalized spacial score (nSPS) is 16.4. The highest BCUT2D eigenvalue weighted by Gasteiger charge is 2.44. The number of likely N-dealkylation sites (tertiary alicyclic amines) is 1. The minimum Gasteiger partial charge on any atom is -0.448 e. The van der Waals surface area contributed by atoms with Crippen LogP contribution in [0.1, 0.15) is 26.5 Å². The van der Waals surface area contributed by atoms with E-state index in [1.54, 1.807) is 20.8 Å². The van der Waals surface area contributed by atoms with Crippen molar-refractivity contribution < 1.29 is 19.1 Å². The zero-order valence-electron chi connectivity index (χ0n) is 13.4. The van der Waals surface area contributed by atoms with Crippen LogP contribution in [0.2, 0.25) is 0 Å². The summed E-state index contributed by atoms with van der Waals surface area (Å²) in [6.07, 6.45) is -0.437. The molecule has 23 heavy (non-hydrogen) atoms. The van der Waals surface area contributed by atoms with Gasteiger partial charge in [0.2, 0.25) is 0 Å². The standard InChI is InChI=1S/C18H19NO4/c1-17(2,3)23-16(20)19-11-18(21,12-19)9-8-14-10-13-6-4-5-7-15(13)22-14/h4-7,10,21H,11-12H2,1-3H3. The molecular weight excluding hydrogens is 294 g/mol. The number of para-hydroxylation sites is 1. The van der Waals surface area contributed by atoms with Crippen LogP contribution in [-0.4, -0.2) is 40.4 Å². The maximum atomic E-state index is 11.8. The lowest BCUT2D eigenvalue weighted by molar-refractivity contribution is -0.0637. The minimum absolute atomic E-state index is 0.134. The molecule has 3 rings (SSSR count). The lowest BCUT2D eigenvalue weighted by Crippen LogP contribution is -2.63. The number of furan rings is 1. The Kier molecular flexibility index (Phi) is 3.57. The van der Waals surface area contributed by atoms with Crippen molar-refractivity contribution in [2.75, 3.05) is 13.1 Å². The predicted molar refractivity (Wildman–Crippen MR) is 85.8 cm³/mol. The zero-order chi connectivity index (χ0) is 16.7. The number of nitrogens with zero attached hydrogens (tertiary/aromatic N) is 1. The van der Waals surface area contributed by atoms with Crippen LogP contribution in [0.3, 0.4) is 0 Å². The number of hydrogen-bond donors (Lipinski definition) is 1. The molecule has 0 unspecified atom stereocenters. The third-order valence-electron chi connectivity index (χ3n) is 3.40. The van der Waals surface area contributed by atoms with Crippen LogP contribution >= 0.6 is 0 Å². The predicted octanol–water partition coefficient (Wildman–Crippen LogP) is 2.77. The van der Waals surface area contributed by atoms with Gasteiger partial charge < -0.3 is 19.2 Å². The van der Waals surface area contributed by atoms with Crippen molar-refractivity contribution in [3.05, 3.63) is 36.1 Å². The maximum absolute atomic E-state index is 11.8. The van der Waals surface area contributed by atoms with Crippen molar-refractivity contribution in [1.29, 1.82) is 0 Å². The number of amides is 1. The molecule has 0 aliphatic carbocycles. The molecule has 0 spiro atoms. The lowest BCUT2D eigenvalue weighted by Gasteiger charge is -2.43. The minimum atomic E-state index is -1.21. The third-order valence-corrected chi connectivity index (χ3v) is 3.40. The van der Waals surface area contributed by atoms with E-state index < -0.39 is 17.3 Å². The van der Waals surface area contributed by atoms with E-state index in [4.69, 9.17) is 9.15 Å². The van der Waals surface area contributed by atoms with Crippen molar-refractivity contribution in [1.82, 2.24) is 4.90 Å². The van der Waals surface area contributed by atoms with E-state index in [1.807, 2.05) is 30.3 Å². The van der Waals surface area contributed by atoms with Gasteiger partial charge in [-0.15, -0.1) is 0 Å². The largest absolute Gasteiger partial charge is 0.448 e. The highest BCUT2D eigenvalue weighted by Crippen LogP contribution is 2.23. The highest BCUT2D eigenvalue weighted by atomic mass is 16.6. The summed E-state index contributed by atoms with van der Waals surface area (Å²) in [5.41, 5.74) is -1.01. The number of aliphatic hydroxyl groups is 1. The zero-order valence-corrected chi connectivity index (χ0v) is 13.4. The Labute approximate surface area is 134 Å². The van der Waals surface area contributed by atoms with Crippen LogP contribution in [0.5, 0.6) is 0 Å². The summed E-state index contributed by atoms with van der Waals surface area (Å²) in [5, 5.41) is 11.3. The van der Waals surface area contributed by atoms with E-state index in [-0.39, 0.29) is 13.1 Å². The van der Waals surface area contributed by atoms with Crippen LogP contribution in [0.25, 0.3) is 11.0 Å². The average molecular weight is 313 g/mol. The summed E-state index contributed by atoms with van der Waals surface area (Å²) >= 11 is 0. The molecule has 1 aliphatic rings. The molecule has 1 N–H and O–H groups in total. The van der Waals surface area contributed by atoms with Gasteiger partial charge >= 0.3 is 6.09 Å². The Hall–Kier alpha value is -2.45. The molecule has 1 aromatic heterocycles. The third kappa shape index (κ3) is 3.49. The van der Waals surface area contributed by atoms with Crippen molar-refractivity contribution in [3.8, 4) is 11.8 Å². The first-order valence-electron chi connectivity index (χ1n) is 7.46. The van der Waals surface area contributed by atoms with Crippen LogP contribution in [0, 0.1) is 11.8 Å². The summed E-state index contributed by atoms with van der Waals surface area (Å²) in [7, 11) is 0. The monoisotopic (exact) mass is 313 g/mol. The molecule has 1 aliphatic heterocycles. The molecule has 1 fully saturated rings. The van der Waals surface area contributed by atoms with E-state index in [0.29, 0.717) is 5.76 Å². The number of hydrogen-bond acceptors (Lipinski definition) is 4. The number of ether oxygens (including phenoxy) is 1. The van der Waals surface area contributed by atoms with E-state index in [2.05, 4.69) is 11.8 Å². The Balaban J connectivity index is 1.65. The van der Waals surface area contributed by atoms with E-state index in [9.17, 15) is 9.90 Å². The molecule has 1 aromatic carbocycles. The number of fused-ring (bicyclic) bond motifs is 1. The van der Waals surface area contributed by atoms with Gasteiger partial charge in [0.05, 0.1) is 13.1 Å². The Morgan fingerprint density at radius 3 is 2.70 bits per heavy atom. The van der Waals surface area contributed by atoms with Gasteiger partial charge in [0.25, 0.3) is 0 Å². The van der Waals surface area contributed by atoms with Crippen LogP contribution in [-0.2, 0) is 4.74 Å². The Morgan fingerprint density at radius 2 is 2.04 bits per heavy atom. The molecule has 0 atom stereocenters. The number of β-amino-alcohol motifs (C(OH)–C–C–N with tert-alkyl or cyclic N) is 1. The molecule has 2 heterocycles. The topological polar surface area (TPSA) is 62.9 Å². The van der Waals surface area contributed by atoms with Gasteiger partial charge in [-0.1, -0.05) is 24.1 Å². The summed E-state index contributed by atoms with van der Waals surface area (Å²) in [6.45, 7) is 5.68. The first-order chi connectivity index (χ1) is 10.7. The fourth-order valence-corrected chi connectivity index (χ4v) is 2.34. The molecule has 0 radical (unpaired) electrons. The van der Waals surface area contributed by atoms with Crippen LogP contribution < -0.4 is 0 Å². The quantitative estimate of drug-likeness (QED) is 0.760. The summed E-state index contributed by atoms with van der Waals surface area (Å²) in [6, 6.07) is 9.44. The number of carbonyl (C=O) groups excluding carboxylic acids is 1. The second kappa shape index (κ2) is 5.32. The number of carbonyl (C=O) groups is 1. The molecule has 0 bridgehead atoms. The lowest BCUT2D eigenvalue weighted by atomic mass is 9.95. The molecule has 2 aromatic rings. The SMILES string of the molecule is CC(C)(C)OC(=O)N1CC(O)(C#Cc2cc3ccccc3o2)C1. The van der Waals surface area contributed by atoms with E-state index in [1.165, 1.54) is 4.90 Å². The van der Waals surface area contributed by atoms with Gasteiger partial charge in [-0.2, -0.15) is 0 Å². The van der Waals surface area contributed by atoms with Crippen molar-refractivity contribution >= 4 is 17.1 Å². The van der Waals surface area contributed by atoms with Crippen molar-refractivity contribution in [2.45, 2.75) is 32.0 Å². The van der Waals surface area contributed by atoms with Crippen molar-refractivity contribution in [2.24, 2.45) is 0 Å². The average Bonchev–Trinajstić information content (AvgIpc) is 2.83. The molecule has 1 amide bonds. The smallest absolute Gasteiger partial charge is 0.410 e. The second-order valence-electron chi connectivity index (χ2n) is 6.77. The molecule has 5 heteroatoms. The maximum Gasteiger partial charge on any atom is 0.410 e. The molecule has 1 saturated heterocycles. The van der Waals surface area contributed by atoms with E-state index in [0.717, 1.165) is 11.0 Å². The van der Waals surface area contributed by atoms with Gasteiger partial charge in [-0.05, 0) is 32.8 Å². The molecular formula is C18H19NO4. The molecule has 5 nitrogen and oxygen atoms in total. The first kappa shape index (κ1) is 15.4. The Morgan fingerprint density at radius 1 is 1.35 bits per heavy atom. The fraction of sp³-hybridized carbons (Fsp3) is 0.389. The molecule has 120 valence electrons. The number of rotatable bonds is 0. The van der Waals surface area contributed by atoms with Crippen LogP contribution in [0.4, 0.5) is 4.79 Å². The first-order valence-corrected chi connectivity index (χ1v) is 7.46. The summed E-state index contributed by atoms with van der Waals surface area (Å²) in [4.78, 5) is 13.3. The van der Waals surface area contributed by atoms with Gasteiger partial charge in [0.15, 0.2) is 11.4 Å². The van der Waals surface area contributed by atoms with Crippen LogP contribution in [0.15, 0.2) is 34.7 Å². The van der Waals surface area contributed by atoms with Gasteiger partial charge in [0, 0.05) is 11.5 Å². The van der Waals surface area contributed by atoms with Gasteiger partial charge in [-0.25, -0.2) is 4.79 Å². The summed E-state index contributed by atoms with van der Waals surface area (Å²) in [5.74, 6) is 6.12.